The topological polar surface area (TPSA) is 57.2 Å². The van der Waals surface area contributed by atoms with Gasteiger partial charge in [0.1, 0.15) is 0 Å². The van der Waals surface area contributed by atoms with Crippen LogP contribution in [0, 0.1) is 0 Å². The molecule has 1 heterocycles. The zero-order chi connectivity index (χ0) is 13.0. The Bertz CT molecular complexity index is 579. The number of carbonyl (C=O) groups excluding carboxylic acids is 1. The summed E-state index contributed by atoms with van der Waals surface area (Å²) >= 11 is 11.6. The smallest absolute Gasteiger partial charge is 0.272 e. The number of benzene rings is 1. The first-order valence-corrected chi connectivity index (χ1v) is 5.84. The van der Waals surface area contributed by atoms with Gasteiger partial charge in [0.25, 0.3) is 5.91 Å². The Morgan fingerprint density at radius 2 is 2.17 bits per heavy atom. The fraction of sp³-hybridized carbons (Fsp3) is 0. The number of carbonyl (C=O) groups is 1. The lowest BCUT2D eigenvalue weighted by atomic mass is 10.2. The van der Waals surface area contributed by atoms with Crippen molar-refractivity contribution < 1.29 is 4.79 Å². The van der Waals surface area contributed by atoms with Gasteiger partial charge in [-0.1, -0.05) is 23.2 Å². The van der Waals surface area contributed by atoms with Crippen molar-refractivity contribution in [2.75, 3.05) is 0 Å². The quantitative estimate of drug-likeness (QED) is 0.659. The number of nitrogens with one attached hydrogen (secondary N) is 2. The maximum absolute atomic E-state index is 11.7. The number of hydrazone groups is 1. The first kappa shape index (κ1) is 12.7. The Morgan fingerprint density at radius 1 is 1.33 bits per heavy atom. The molecule has 2 rings (SSSR count). The molecule has 2 aromatic rings. The van der Waals surface area contributed by atoms with E-state index in [2.05, 4.69) is 15.5 Å². The van der Waals surface area contributed by atoms with E-state index in [1.165, 1.54) is 12.3 Å². The van der Waals surface area contributed by atoms with E-state index in [1.54, 1.807) is 18.3 Å². The molecule has 0 spiro atoms. The second-order valence-corrected chi connectivity index (χ2v) is 4.29. The number of hydrogen-bond acceptors (Lipinski definition) is 2. The number of rotatable bonds is 3. The maximum atomic E-state index is 11.7. The van der Waals surface area contributed by atoms with Crippen LogP contribution < -0.4 is 5.43 Å². The standard InChI is InChI=1S/C12H9Cl2N3O/c13-8-3-4-10(11(14)6-8)12(18)17-16-7-9-2-1-5-15-9/h1-7,15H,(H,17,18). The fourth-order valence-electron chi connectivity index (χ4n) is 1.32. The molecule has 0 aliphatic rings. The second kappa shape index (κ2) is 5.71. The molecule has 0 aliphatic heterocycles. The molecule has 1 amide bonds. The number of nitrogens with zero attached hydrogens (tertiary/aromatic N) is 1. The number of hydrogen-bond donors (Lipinski definition) is 2. The van der Waals surface area contributed by atoms with Gasteiger partial charge in [0.2, 0.25) is 0 Å². The molecule has 2 N–H and O–H groups in total. The number of amides is 1. The summed E-state index contributed by atoms with van der Waals surface area (Å²) in [5.41, 5.74) is 3.49. The van der Waals surface area contributed by atoms with Crippen molar-refractivity contribution in [2.45, 2.75) is 0 Å². The Labute approximate surface area is 114 Å². The van der Waals surface area contributed by atoms with Crippen LogP contribution in [0.4, 0.5) is 0 Å². The van der Waals surface area contributed by atoms with Gasteiger partial charge in [-0.3, -0.25) is 4.79 Å². The molecule has 0 unspecified atom stereocenters. The van der Waals surface area contributed by atoms with Crippen LogP contribution in [0.25, 0.3) is 0 Å². The summed E-state index contributed by atoms with van der Waals surface area (Å²) < 4.78 is 0. The molecule has 0 aliphatic carbocycles. The minimum atomic E-state index is -0.389. The molecule has 0 fully saturated rings. The number of aromatic amines is 1. The van der Waals surface area contributed by atoms with Gasteiger partial charge in [-0.2, -0.15) is 5.10 Å². The van der Waals surface area contributed by atoms with Crippen molar-refractivity contribution in [1.29, 1.82) is 0 Å². The minimum Gasteiger partial charge on any atom is -0.360 e. The van der Waals surface area contributed by atoms with E-state index in [0.717, 1.165) is 5.69 Å². The first-order valence-electron chi connectivity index (χ1n) is 5.08. The zero-order valence-electron chi connectivity index (χ0n) is 9.15. The van der Waals surface area contributed by atoms with E-state index >= 15 is 0 Å². The van der Waals surface area contributed by atoms with Crippen LogP contribution >= 0.6 is 23.2 Å². The van der Waals surface area contributed by atoms with E-state index in [4.69, 9.17) is 23.2 Å². The van der Waals surface area contributed by atoms with Gasteiger partial charge in [-0.05, 0) is 30.3 Å². The van der Waals surface area contributed by atoms with Crippen LogP contribution in [0.2, 0.25) is 10.0 Å². The van der Waals surface area contributed by atoms with Crippen LogP contribution in [0.15, 0.2) is 41.6 Å². The average Bonchev–Trinajstić information content (AvgIpc) is 2.81. The average molecular weight is 282 g/mol. The van der Waals surface area contributed by atoms with Crippen LogP contribution in [0.3, 0.4) is 0 Å². The van der Waals surface area contributed by atoms with Gasteiger partial charge in [0.15, 0.2) is 0 Å². The van der Waals surface area contributed by atoms with Crippen molar-refractivity contribution in [1.82, 2.24) is 10.4 Å². The Kier molecular flexibility index (Phi) is 4.02. The van der Waals surface area contributed by atoms with Gasteiger partial charge >= 0.3 is 0 Å². The molecule has 4 nitrogen and oxygen atoms in total. The number of H-pyrrole nitrogens is 1. The van der Waals surface area contributed by atoms with Crippen molar-refractivity contribution in [3.63, 3.8) is 0 Å². The van der Waals surface area contributed by atoms with Gasteiger partial charge < -0.3 is 4.98 Å². The third-order valence-corrected chi connectivity index (χ3v) is 2.72. The van der Waals surface area contributed by atoms with Crippen LogP contribution in [-0.4, -0.2) is 17.1 Å². The summed E-state index contributed by atoms with van der Waals surface area (Å²) in [6, 6.07) is 8.30. The predicted octanol–water partition coefficient (Wildman–Crippen LogP) is 3.09. The lowest BCUT2D eigenvalue weighted by Gasteiger charge is -2.02. The van der Waals surface area contributed by atoms with Crippen molar-refractivity contribution in [2.24, 2.45) is 5.10 Å². The summed E-state index contributed by atoms with van der Waals surface area (Å²) in [5, 5.41) is 4.57. The molecule has 1 aromatic carbocycles. The maximum Gasteiger partial charge on any atom is 0.272 e. The first-order chi connectivity index (χ1) is 8.66. The Hall–Kier alpha value is -1.78. The highest BCUT2D eigenvalue weighted by Gasteiger charge is 2.09. The lowest BCUT2D eigenvalue weighted by molar-refractivity contribution is 0.0955. The van der Waals surface area contributed by atoms with Gasteiger partial charge in [-0.15, -0.1) is 0 Å². The molecule has 18 heavy (non-hydrogen) atoms. The van der Waals surface area contributed by atoms with Crippen LogP contribution in [0.5, 0.6) is 0 Å². The summed E-state index contributed by atoms with van der Waals surface area (Å²) in [4.78, 5) is 14.7. The molecular weight excluding hydrogens is 273 g/mol. The summed E-state index contributed by atoms with van der Waals surface area (Å²) in [6.07, 6.45) is 3.26. The third kappa shape index (κ3) is 3.12. The highest BCUT2D eigenvalue weighted by molar-refractivity contribution is 6.36. The number of aromatic nitrogens is 1. The highest BCUT2D eigenvalue weighted by atomic mass is 35.5. The largest absolute Gasteiger partial charge is 0.360 e. The molecule has 0 saturated heterocycles. The SMILES string of the molecule is O=C(NN=Cc1ccc[nH]1)c1ccc(Cl)cc1Cl. The van der Waals surface area contributed by atoms with E-state index in [0.29, 0.717) is 10.6 Å². The second-order valence-electron chi connectivity index (χ2n) is 3.45. The van der Waals surface area contributed by atoms with Crippen molar-refractivity contribution >= 4 is 35.3 Å². The summed E-state index contributed by atoms with van der Waals surface area (Å²) in [6.45, 7) is 0. The fourth-order valence-corrected chi connectivity index (χ4v) is 1.81. The van der Waals surface area contributed by atoms with Crippen molar-refractivity contribution in [3.8, 4) is 0 Å². The molecule has 92 valence electrons. The normalized spacial score (nSPS) is 10.8. The van der Waals surface area contributed by atoms with Crippen LogP contribution in [0.1, 0.15) is 16.1 Å². The third-order valence-electron chi connectivity index (χ3n) is 2.17. The molecular formula is C12H9Cl2N3O. The molecule has 1 aromatic heterocycles. The van der Waals surface area contributed by atoms with Crippen LogP contribution in [-0.2, 0) is 0 Å². The van der Waals surface area contributed by atoms with E-state index in [-0.39, 0.29) is 10.9 Å². The molecule has 0 saturated carbocycles. The van der Waals surface area contributed by atoms with Gasteiger partial charge in [0.05, 0.1) is 22.5 Å². The minimum absolute atomic E-state index is 0.287. The predicted molar refractivity (Wildman–Crippen MR) is 72.3 cm³/mol. The molecule has 6 heteroatoms. The summed E-state index contributed by atoms with van der Waals surface area (Å²) in [7, 11) is 0. The number of halogens is 2. The Morgan fingerprint density at radius 3 is 2.83 bits per heavy atom. The Balaban J connectivity index is 2.04. The van der Waals surface area contributed by atoms with E-state index < -0.39 is 0 Å². The molecule has 0 radical (unpaired) electrons. The summed E-state index contributed by atoms with van der Waals surface area (Å²) in [5.74, 6) is -0.389. The molecule has 0 atom stereocenters. The zero-order valence-corrected chi connectivity index (χ0v) is 10.7. The van der Waals surface area contributed by atoms with Gasteiger partial charge in [0, 0.05) is 11.2 Å². The van der Waals surface area contributed by atoms with E-state index in [9.17, 15) is 4.79 Å². The monoisotopic (exact) mass is 281 g/mol. The van der Waals surface area contributed by atoms with Crippen molar-refractivity contribution in [3.05, 3.63) is 57.8 Å². The lowest BCUT2D eigenvalue weighted by Crippen LogP contribution is -2.18. The van der Waals surface area contributed by atoms with E-state index in [1.807, 2.05) is 12.1 Å². The molecule has 0 bridgehead atoms. The van der Waals surface area contributed by atoms with Gasteiger partial charge in [-0.25, -0.2) is 5.43 Å². The highest BCUT2D eigenvalue weighted by Crippen LogP contribution is 2.20.